The van der Waals surface area contributed by atoms with Gasteiger partial charge in [0.15, 0.2) is 0 Å². The van der Waals surface area contributed by atoms with E-state index in [4.69, 9.17) is 0 Å². The third kappa shape index (κ3) is 2.65. The molecule has 0 bridgehead atoms. The second kappa shape index (κ2) is 4.64. The van der Waals surface area contributed by atoms with Crippen LogP contribution >= 0.6 is 0 Å². The van der Waals surface area contributed by atoms with Gasteiger partial charge in [0.1, 0.15) is 0 Å². The van der Waals surface area contributed by atoms with E-state index in [1.807, 2.05) is 0 Å². The zero-order valence-electron chi connectivity index (χ0n) is 14.3. The Bertz CT molecular complexity index is 360. The maximum Gasteiger partial charge on any atom is -0.00802 e. The number of allylic oxidation sites excluding steroid dienone is 2. The minimum absolute atomic E-state index is 0.406. The minimum atomic E-state index is 0.406. The van der Waals surface area contributed by atoms with Gasteiger partial charge in [0, 0.05) is 0 Å². The number of rotatable bonds is 0. The number of hydrogen-bond donors (Lipinski definition) is 0. The minimum Gasteiger partial charge on any atom is -0.0845 e. The zero-order valence-corrected chi connectivity index (χ0v) is 14.3. The Labute approximate surface area is 121 Å². The fourth-order valence-electron chi connectivity index (χ4n) is 5.21. The quantitative estimate of drug-likeness (QED) is 0.454. The maximum atomic E-state index is 2.62. The number of hydrogen-bond acceptors (Lipinski definition) is 0. The molecule has 0 heteroatoms. The largest absolute Gasteiger partial charge is 0.0845 e. The Balaban J connectivity index is 2.48. The molecule has 0 amide bonds. The molecule has 0 aromatic carbocycles. The predicted octanol–water partition coefficient (Wildman–Crippen LogP) is 6.22. The summed E-state index contributed by atoms with van der Waals surface area (Å²) in [4.78, 5) is 0. The molecule has 1 fully saturated rings. The molecule has 1 saturated carbocycles. The van der Waals surface area contributed by atoms with E-state index in [9.17, 15) is 0 Å². The Kier molecular flexibility index (Phi) is 3.69. The third-order valence-electron chi connectivity index (χ3n) is 5.88. The lowest BCUT2D eigenvalue weighted by atomic mass is 9.47. The van der Waals surface area contributed by atoms with E-state index in [-0.39, 0.29) is 0 Å². The van der Waals surface area contributed by atoms with Crippen molar-refractivity contribution in [1.82, 2.24) is 0 Å². The summed E-state index contributed by atoms with van der Waals surface area (Å²) in [6.45, 7) is 17.3. The van der Waals surface area contributed by atoms with Crippen molar-refractivity contribution in [2.45, 2.75) is 80.6 Å². The van der Waals surface area contributed by atoms with E-state index in [0.717, 1.165) is 11.8 Å². The molecule has 3 atom stereocenters. The first-order valence-electron chi connectivity index (χ1n) is 8.26. The molecular weight excluding hydrogens is 228 g/mol. The second-order valence-electron chi connectivity index (χ2n) is 9.41. The molecule has 0 spiro atoms. The van der Waals surface area contributed by atoms with Gasteiger partial charge in [-0.05, 0) is 53.8 Å². The highest BCUT2D eigenvalue weighted by atomic mass is 14.6. The fraction of sp³-hybridized carbons (Fsp3) is 0.895. The molecule has 0 aromatic heterocycles. The summed E-state index contributed by atoms with van der Waals surface area (Å²) < 4.78 is 0. The summed E-state index contributed by atoms with van der Waals surface area (Å²) in [5.74, 6) is 1.64. The van der Waals surface area contributed by atoms with Crippen molar-refractivity contribution >= 4 is 0 Å². The average molecular weight is 262 g/mol. The molecule has 0 aliphatic heterocycles. The highest BCUT2D eigenvalue weighted by Gasteiger charge is 2.52. The molecule has 0 saturated heterocycles. The van der Waals surface area contributed by atoms with E-state index < -0.39 is 0 Å². The molecule has 110 valence electrons. The average Bonchev–Trinajstić information content (AvgIpc) is 2.23. The van der Waals surface area contributed by atoms with Gasteiger partial charge in [-0.3, -0.25) is 0 Å². The lowest BCUT2D eigenvalue weighted by molar-refractivity contribution is -0.0294. The third-order valence-corrected chi connectivity index (χ3v) is 5.88. The Morgan fingerprint density at radius 3 is 2.16 bits per heavy atom. The molecule has 19 heavy (non-hydrogen) atoms. The fourth-order valence-corrected chi connectivity index (χ4v) is 5.21. The highest BCUT2D eigenvalue weighted by molar-refractivity contribution is 5.24. The summed E-state index contributed by atoms with van der Waals surface area (Å²) in [6.07, 6.45) is 9.54. The van der Waals surface area contributed by atoms with Crippen molar-refractivity contribution in [3.05, 3.63) is 11.6 Å². The van der Waals surface area contributed by atoms with Crippen LogP contribution in [0.5, 0.6) is 0 Å². The molecule has 0 aromatic rings. The van der Waals surface area contributed by atoms with E-state index in [1.54, 1.807) is 5.57 Å². The van der Waals surface area contributed by atoms with Crippen LogP contribution in [0.2, 0.25) is 0 Å². The second-order valence-corrected chi connectivity index (χ2v) is 9.41. The van der Waals surface area contributed by atoms with Crippen LogP contribution in [0.15, 0.2) is 11.6 Å². The van der Waals surface area contributed by atoms with Gasteiger partial charge < -0.3 is 0 Å². The van der Waals surface area contributed by atoms with Crippen LogP contribution in [0, 0.1) is 28.1 Å². The first kappa shape index (κ1) is 15.1. The highest BCUT2D eigenvalue weighted by Crippen LogP contribution is 2.61. The lowest BCUT2D eigenvalue weighted by Crippen LogP contribution is -2.49. The van der Waals surface area contributed by atoms with Crippen LogP contribution < -0.4 is 0 Å². The van der Waals surface area contributed by atoms with Crippen LogP contribution in [0.1, 0.15) is 80.6 Å². The van der Waals surface area contributed by atoms with Crippen LogP contribution in [-0.2, 0) is 0 Å². The maximum absolute atomic E-state index is 2.62. The monoisotopic (exact) mass is 262 g/mol. The van der Waals surface area contributed by atoms with Crippen molar-refractivity contribution in [2.24, 2.45) is 28.1 Å². The van der Waals surface area contributed by atoms with E-state index in [0.29, 0.717) is 16.2 Å². The van der Waals surface area contributed by atoms with Crippen LogP contribution in [0.25, 0.3) is 0 Å². The van der Waals surface area contributed by atoms with E-state index >= 15 is 0 Å². The van der Waals surface area contributed by atoms with Crippen molar-refractivity contribution in [2.75, 3.05) is 0 Å². The van der Waals surface area contributed by atoms with Crippen molar-refractivity contribution in [1.29, 1.82) is 0 Å². The predicted molar refractivity (Wildman–Crippen MR) is 85.2 cm³/mol. The summed E-state index contributed by atoms with van der Waals surface area (Å²) in [7, 11) is 0. The molecule has 2 unspecified atom stereocenters. The van der Waals surface area contributed by atoms with Crippen LogP contribution in [0.3, 0.4) is 0 Å². The lowest BCUT2D eigenvalue weighted by Gasteiger charge is -2.57. The Morgan fingerprint density at radius 1 is 1.00 bits per heavy atom. The van der Waals surface area contributed by atoms with Gasteiger partial charge in [-0.15, -0.1) is 0 Å². The molecule has 0 radical (unpaired) electrons. The smallest absolute Gasteiger partial charge is 0.00802 e. The van der Waals surface area contributed by atoms with Gasteiger partial charge >= 0.3 is 0 Å². The first-order valence-corrected chi connectivity index (χ1v) is 8.26. The zero-order chi connectivity index (χ0) is 14.5. The normalized spacial score (nSPS) is 36.7. The van der Waals surface area contributed by atoms with Gasteiger partial charge in [-0.2, -0.15) is 0 Å². The van der Waals surface area contributed by atoms with Gasteiger partial charge in [-0.1, -0.05) is 66.5 Å². The SMILES string of the molecule is CC(C)(C)C1CC=C2CCCC[C@]2(C)C1C(C)(C)C. The van der Waals surface area contributed by atoms with Crippen molar-refractivity contribution < 1.29 is 0 Å². The summed E-state index contributed by atoms with van der Waals surface area (Å²) in [5, 5.41) is 0. The standard InChI is InChI=1S/C19H34/c1-17(2,3)15-12-11-14-10-8-9-13-19(14,7)16(15)18(4,5)6/h11,15-16H,8-10,12-13H2,1-7H3/t15?,16?,19-/m0/s1. The van der Waals surface area contributed by atoms with Crippen LogP contribution in [0.4, 0.5) is 0 Å². The van der Waals surface area contributed by atoms with E-state index in [2.05, 4.69) is 54.5 Å². The summed E-state index contributed by atoms with van der Waals surface area (Å²) in [5.41, 5.74) is 3.08. The molecule has 2 rings (SSSR count). The molecule has 0 heterocycles. The summed E-state index contributed by atoms with van der Waals surface area (Å²) in [6, 6.07) is 0. The molecule has 0 N–H and O–H groups in total. The Hall–Kier alpha value is -0.260. The molecular formula is C19H34. The topological polar surface area (TPSA) is 0 Å². The number of fused-ring (bicyclic) bond motifs is 1. The van der Waals surface area contributed by atoms with Gasteiger partial charge in [-0.25, -0.2) is 0 Å². The summed E-state index contributed by atoms with van der Waals surface area (Å²) >= 11 is 0. The van der Waals surface area contributed by atoms with Crippen molar-refractivity contribution in [3.8, 4) is 0 Å². The molecule has 2 aliphatic rings. The Morgan fingerprint density at radius 2 is 1.63 bits per heavy atom. The molecule has 0 nitrogen and oxygen atoms in total. The van der Waals surface area contributed by atoms with Gasteiger partial charge in [0.05, 0.1) is 0 Å². The molecule has 2 aliphatic carbocycles. The van der Waals surface area contributed by atoms with Crippen molar-refractivity contribution in [3.63, 3.8) is 0 Å². The first-order chi connectivity index (χ1) is 8.57. The van der Waals surface area contributed by atoms with Gasteiger partial charge in [0.2, 0.25) is 0 Å². The van der Waals surface area contributed by atoms with E-state index in [1.165, 1.54) is 32.1 Å². The van der Waals surface area contributed by atoms with Gasteiger partial charge in [0.25, 0.3) is 0 Å². The van der Waals surface area contributed by atoms with Crippen LogP contribution in [-0.4, -0.2) is 0 Å².